The lowest BCUT2D eigenvalue weighted by atomic mass is 10.0. The van der Waals surface area contributed by atoms with Gasteiger partial charge < -0.3 is 9.64 Å². The minimum Gasteiger partial charge on any atom is -0.348 e. The number of hydrogen-bond acceptors (Lipinski definition) is 3. The van der Waals surface area contributed by atoms with Crippen molar-refractivity contribution in [2.45, 2.75) is 12.3 Å². The van der Waals surface area contributed by atoms with Gasteiger partial charge in [-0.2, -0.15) is 0 Å². The van der Waals surface area contributed by atoms with E-state index in [-0.39, 0.29) is 18.2 Å². The van der Waals surface area contributed by atoms with Crippen molar-refractivity contribution in [2.75, 3.05) is 26.2 Å². The maximum atomic E-state index is 11.7. The number of nitrogens with zero attached hydrogens (tertiary/aromatic N) is 2. The third-order valence-corrected chi connectivity index (χ3v) is 5.77. The van der Waals surface area contributed by atoms with Crippen LogP contribution in [-0.4, -0.2) is 48.1 Å². The van der Waals surface area contributed by atoms with Crippen LogP contribution in [0.3, 0.4) is 0 Å². The van der Waals surface area contributed by atoms with Crippen LogP contribution >= 0.6 is 23.2 Å². The van der Waals surface area contributed by atoms with Gasteiger partial charge in [0.05, 0.1) is 0 Å². The number of rotatable bonds is 4. The average Bonchev–Trinajstić information content (AvgIpc) is 3.49. The van der Waals surface area contributed by atoms with Crippen molar-refractivity contribution in [1.29, 1.82) is 0 Å². The number of carbonyl (C=O) groups excluding carboxylic acids is 1. The number of piperazine rings is 1. The standard InChI is InChI=1S/C21H20Cl2N2O2/c1-2-19(26)24-9-11-25(12-10-24)21-20(27-21)14-7-8-18(23)16(13-14)15-5-3-4-6-17(15)22/h2-8,13,20-21H,1,9-12H2. The normalized spacial score (nSPS) is 22.5. The predicted molar refractivity (Wildman–Crippen MR) is 108 cm³/mol. The van der Waals surface area contributed by atoms with Crippen LogP contribution in [-0.2, 0) is 9.53 Å². The zero-order valence-corrected chi connectivity index (χ0v) is 16.3. The highest BCUT2D eigenvalue weighted by Gasteiger charge is 2.45. The van der Waals surface area contributed by atoms with E-state index in [0.29, 0.717) is 23.1 Å². The van der Waals surface area contributed by atoms with E-state index in [1.807, 2.05) is 41.3 Å². The second-order valence-corrected chi connectivity index (χ2v) is 7.55. The quantitative estimate of drug-likeness (QED) is 0.561. The van der Waals surface area contributed by atoms with Gasteiger partial charge >= 0.3 is 0 Å². The SMILES string of the molecule is C=CC(=O)N1CCN(C2OC2c2ccc(Cl)c(-c3ccccc3Cl)c2)CC1. The van der Waals surface area contributed by atoms with Gasteiger partial charge in [0.25, 0.3) is 0 Å². The number of halogens is 2. The molecule has 0 bridgehead atoms. The molecule has 0 radical (unpaired) electrons. The van der Waals surface area contributed by atoms with Crippen molar-refractivity contribution in [1.82, 2.24) is 9.80 Å². The van der Waals surface area contributed by atoms with Crippen LogP contribution in [0.1, 0.15) is 11.7 Å². The van der Waals surface area contributed by atoms with Crippen LogP contribution < -0.4 is 0 Å². The Morgan fingerprint density at radius 1 is 1.04 bits per heavy atom. The number of amides is 1. The smallest absolute Gasteiger partial charge is 0.246 e. The molecule has 2 aliphatic heterocycles. The van der Waals surface area contributed by atoms with Crippen molar-refractivity contribution < 1.29 is 9.53 Å². The Morgan fingerprint density at radius 2 is 1.74 bits per heavy atom. The summed E-state index contributed by atoms with van der Waals surface area (Å²) in [7, 11) is 0. The summed E-state index contributed by atoms with van der Waals surface area (Å²) >= 11 is 12.8. The minimum absolute atomic E-state index is 0.00926. The summed E-state index contributed by atoms with van der Waals surface area (Å²) in [5.41, 5.74) is 2.92. The van der Waals surface area contributed by atoms with Crippen molar-refractivity contribution in [2.24, 2.45) is 0 Å². The fraction of sp³-hybridized carbons (Fsp3) is 0.286. The Kier molecular flexibility index (Phi) is 5.24. The first-order chi connectivity index (χ1) is 13.1. The average molecular weight is 403 g/mol. The van der Waals surface area contributed by atoms with Crippen LogP contribution in [0.2, 0.25) is 10.0 Å². The second-order valence-electron chi connectivity index (χ2n) is 6.73. The number of benzene rings is 2. The Labute approximate surface area is 168 Å². The molecule has 0 N–H and O–H groups in total. The van der Waals surface area contributed by atoms with E-state index in [2.05, 4.69) is 17.5 Å². The summed E-state index contributed by atoms with van der Waals surface area (Å²) in [5.74, 6) is -0.00926. The molecule has 0 aliphatic carbocycles. The molecule has 0 saturated carbocycles. The Bertz CT molecular complexity index is 878. The molecule has 0 aromatic heterocycles. The highest BCUT2D eigenvalue weighted by molar-refractivity contribution is 6.36. The summed E-state index contributed by atoms with van der Waals surface area (Å²) in [6.07, 6.45) is 1.44. The number of hydrogen-bond donors (Lipinski definition) is 0. The van der Waals surface area contributed by atoms with Gasteiger partial charge in [-0.3, -0.25) is 9.69 Å². The summed E-state index contributed by atoms with van der Waals surface area (Å²) < 4.78 is 5.95. The topological polar surface area (TPSA) is 36.1 Å². The van der Waals surface area contributed by atoms with Gasteiger partial charge in [0.2, 0.25) is 5.91 Å². The van der Waals surface area contributed by atoms with Crippen LogP contribution in [0, 0.1) is 0 Å². The maximum absolute atomic E-state index is 11.7. The monoisotopic (exact) mass is 402 g/mol. The molecule has 140 valence electrons. The first-order valence-corrected chi connectivity index (χ1v) is 9.69. The van der Waals surface area contributed by atoms with Crippen LogP contribution in [0.5, 0.6) is 0 Å². The van der Waals surface area contributed by atoms with Gasteiger partial charge in [-0.25, -0.2) is 0 Å². The lowest BCUT2D eigenvalue weighted by Crippen LogP contribution is -2.49. The molecule has 2 atom stereocenters. The summed E-state index contributed by atoms with van der Waals surface area (Å²) in [5, 5.41) is 1.34. The molecule has 0 spiro atoms. The van der Waals surface area contributed by atoms with Gasteiger partial charge in [0.15, 0.2) is 0 Å². The first kappa shape index (κ1) is 18.5. The number of ether oxygens (including phenoxy) is 1. The molecule has 4 nitrogen and oxygen atoms in total. The molecule has 1 amide bonds. The van der Waals surface area contributed by atoms with E-state index in [9.17, 15) is 4.79 Å². The number of epoxide rings is 1. The molecule has 2 fully saturated rings. The highest BCUT2D eigenvalue weighted by atomic mass is 35.5. The lowest BCUT2D eigenvalue weighted by molar-refractivity contribution is -0.128. The van der Waals surface area contributed by atoms with E-state index in [1.165, 1.54) is 6.08 Å². The molecule has 2 unspecified atom stereocenters. The molecule has 2 aromatic rings. The van der Waals surface area contributed by atoms with E-state index >= 15 is 0 Å². The van der Waals surface area contributed by atoms with E-state index in [0.717, 1.165) is 29.8 Å². The fourth-order valence-corrected chi connectivity index (χ4v) is 4.01. The molecular weight excluding hydrogens is 383 g/mol. The number of carbonyl (C=O) groups is 1. The van der Waals surface area contributed by atoms with E-state index in [4.69, 9.17) is 27.9 Å². The molecule has 2 heterocycles. The van der Waals surface area contributed by atoms with Crippen LogP contribution in [0.15, 0.2) is 55.1 Å². The summed E-state index contributed by atoms with van der Waals surface area (Å²) in [6, 6.07) is 13.6. The Balaban J connectivity index is 1.47. The van der Waals surface area contributed by atoms with Gasteiger partial charge in [-0.1, -0.05) is 54.0 Å². The third-order valence-electron chi connectivity index (χ3n) is 5.11. The minimum atomic E-state index is -0.00926. The molecule has 2 aliphatic rings. The molecular formula is C21H20Cl2N2O2. The second kappa shape index (κ2) is 7.64. The van der Waals surface area contributed by atoms with Gasteiger partial charge in [0.1, 0.15) is 12.3 Å². The predicted octanol–water partition coefficient (Wildman–Crippen LogP) is 4.39. The fourth-order valence-electron chi connectivity index (χ4n) is 3.56. The lowest BCUT2D eigenvalue weighted by Gasteiger charge is -2.33. The van der Waals surface area contributed by atoms with Crippen molar-refractivity contribution in [3.05, 3.63) is 70.7 Å². The van der Waals surface area contributed by atoms with Crippen molar-refractivity contribution >= 4 is 29.1 Å². The third kappa shape index (κ3) is 3.76. The van der Waals surface area contributed by atoms with E-state index < -0.39 is 0 Å². The molecule has 2 saturated heterocycles. The van der Waals surface area contributed by atoms with E-state index in [1.54, 1.807) is 0 Å². The summed E-state index contributed by atoms with van der Waals surface area (Å²) in [6.45, 7) is 6.54. The Morgan fingerprint density at radius 3 is 2.44 bits per heavy atom. The zero-order valence-electron chi connectivity index (χ0n) is 14.8. The van der Waals surface area contributed by atoms with Crippen LogP contribution in [0.4, 0.5) is 0 Å². The largest absolute Gasteiger partial charge is 0.348 e. The van der Waals surface area contributed by atoms with Crippen molar-refractivity contribution in [3.8, 4) is 11.1 Å². The van der Waals surface area contributed by atoms with Gasteiger partial charge in [-0.15, -0.1) is 0 Å². The Hall–Kier alpha value is -1.85. The molecule has 2 aromatic carbocycles. The highest BCUT2D eigenvalue weighted by Crippen LogP contribution is 2.44. The molecule has 4 rings (SSSR count). The molecule has 27 heavy (non-hydrogen) atoms. The van der Waals surface area contributed by atoms with Crippen LogP contribution in [0.25, 0.3) is 11.1 Å². The van der Waals surface area contributed by atoms with Gasteiger partial charge in [0, 0.05) is 47.4 Å². The van der Waals surface area contributed by atoms with Gasteiger partial charge in [-0.05, 0) is 29.8 Å². The van der Waals surface area contributed by atoms with Crippen molar-refractivity contribution in [3.63, 3.8) is 0 Å². The maximum Gasteiger partial charge on any atom is 0.246 e. The molecule has 6 heteroatoms. The summed E-state index contributed by atoms with van der Waals surface area (Å²) in [4.78, 5) is 15.8. The zero-order chi connectivity index (χ0) is 19.0. The first-order valence-electron chi connectivity index (χ1n) is 8.93.